The van der Waals surface area contributed by atoms with E-state index in [4.69, 9.17) is 0 Å². The molecule has 214 valence electrons. The molecule has 1 unspecified atom stereocenters. The Morgan fingerprint density at radius 3 is 1.89 bits per heavy atom. The van der Waals surface area contributed by atoms with Gasteiger partial charge in [0.25, 0.3) is 0 Å². The summed E-state index contributed by atoms with van der Waals surface area (Å²) < 4.78 is 29.8. The average molecular weight is 527 g/mol. The number of aryl methyl sites for hydroxylation is 1. The number of halogens is 2. The van der Waals surface area contributed by atoms with Crippen LogP contribution in [0.25, 0.3) is 5.57 Å². The molecule has 0 bridgehead atoms. The second kappa shape index (κ2) is 18.0. The molecule has 0 spiro atoms. The van der Waals surface area contributed by atoms with Gasteiger partial charge in [-0.3, -0.25) is 0 Å². The van der Waals surface area contributed by atoms with Crippen LogP contribution in [0, 0.1) is 29.4 Å². The molecule has 0 radical (unpaired) electrons. The number of allylic oxidation sites excluding steroid dienone is 4. The summed E-state index contributed by atoms with van der Waals surface area (Å²) in [5, 5.41) is 0. The molecule has 1 aromatic rings. The molecular formula is C36H56F2. The van der Waals surface area contributed by atoms with E-state index in [-0.39, 0.29) is 0 Å². The maximum atomic E-state index is 15.0. The highest BCUT2D eigenvalue weighted by Crippen LogP contribution is 2.40. The molecule has 2 heteroatoms. The van der Waals surface area contributed by atoms with E-state index in [0.29, 0.717) is 23.5 Å². The zero-order valence-electron chi connectivity index (χ0n) is 24.7. The van der Waals surface area contributed by atoms with E-state index in [0.717, 1.165) is 36.7 Å². The first-order valence-electron chi connectivity index (χ1n) is 16.5. The molecule has 0 saturated heterocycles. The maximum absolute atomic E-state index is 15.0. The Morgan fingerprint density at radius 1 is 0.684 bits per heavy atom. The van der Waals surface area contributed by atoms with Crippen molar-refractivity contribution >= 4 is 5.57 Å². The summed E-state index contributed by atoms with van der Waals surface area (Å²) >= 11 is 0. The summed E-state index contributed by atoms with van der Waals surface area (Å²) in [5.41, 5.74) is 1.81. The van der Waals surface area contributed by atoms with Gasteiger partial charge in [-0.05, 0) is 61.0 Å². The van der Waals surface area contributed by atoms with E-state index in [1.54, 1.807) is 6.07 Å². The highest BCUT2D eigenvalue weighted by atomic mass is 19.2. The third-order valence-electron chi connectivity index (χ3n) is 9.37. The van der Waals surface area contributed by atoms with E-state index >= 15 is 0 Å². The van der Waals surface area contributed by atoms with Gasteiger partial charge in [0.1, 0.15) is 0 Å². The van der Waals surface area contributed by atoms with E-state index in [2.05, 4.69) is 32.1 Å². The van der Waals surface area contributed by atoms with E-state index in [9.17, 15) is 8.78 Å². The van der Waals surface area contributed by atoms with E-state index in [1.165, 1.54) is 109 Å². The highest BCUT2D eigenvalue weighted by Gasteiger charge is 2.27. The van der Waals surface area contributed by atoms with Gasteiger partial charge in [0.2, 0.25) is 0 Å². The van der Waals surface area contributed by atoms with Crippen LogP contribution in [0.2, 0.25) is 0 Å². The van der Waals surface area contributed by atoms with Crippen LogP contribution in [0.5, 0.6) is 0 Å². The Labute approximate surface area is 233 Å². The van der Waals surface area contributed by atoms with Crippen molar-refractivity contribution in [2.45, 2.75) is 149 Å². The fourth-order valence-corrected chi connectivity index (χ4v) is 6.76. The van der Waals surface area contributed by atoms with Gasteiger partial charge in [0.15, 0.2) is 11.6 Å². The van der Waals surface area contributed by atoms with Crippen molar-refractivity contribution in [1.29, 1.82) is 0 Å². The zero-order valence-corrected chi connectivity index (χ0v) is 24.7. The first-order valence-corrected chi connectivity index (χ1v) is 16.5. The van der Waals surface area contributed by atoms with Crippen LogP contribution < -0.4 is 0 Å². The van der Waals surface area contributed by atoms with E-state index < -0.39 is 11.6 Å². The molecule has 38 heavy (non-hydrogen) atoms. The SMILES string of the molecule is CCCCCCCCCC[C@H]1CC[C@H](C2C=CC(c3ccc(CCCCCCCC)c(F)c3F)=CC2)CC1. The van der Waals surface area contributed by atoms with Crippen molar-refractivity contribution < 1.29 is 8.78 Å². The van der Waals surface area contributed by atoms with Gasteiger partial charge in [-0.25, -0.2) is 8.78 Å². The maximum Gasteiger partial charge on any atom is 0.166 e. The first-order chi connectivity index (χ1) is 18.6. The second-order valence-electron chi connectivity index (χ2n) is 12.4. The van der Waals surface area contributed by atoms with Crippen LogP contribution >= 0.6 is 0 Å². The molecule has 0 heterocycles. The number of hydrogen-bond donors (Lipinski definition) is 0. The van der Waals surface area contributed by atoms with Crippen molar-refractivity contribution in [3.05, 3.63) is 53.1 Å². The third-order valence-corrected chi connectivity index (χ3v) is 9.37. The molecule has 1 saturated carbocycles. The Bertz CT molecular complexity index is 843. The standard InChI is InChI=1S/C36H56F2/c1-3-5-7-9-11-12-13-15-17-29-19-21-30(22-20-29)31-23-25-32(26-24-31)34-28-27-33(35(37)36(34)38)18-16-14-10-8-6-4-2/h23,25-31H,3-22,24H2,1-2H3/t29-,30-,31?. The minimum absolute atomic E-state index is 0.429. The van der Waals surface area contributed by atoms with Crippen molar-refractivity contribution in [3.63, 3.8) is 0 Å². The second-order valence-corrected chi connectivity index (χ2v) is 12.4. The fraction of sp³-hybridized carbons (Fsp3) is 0.722. The molecule has 3 rings (SSSR count). The predicted octanol–water partition coefficient (Wildman–Crippen LogP) is 12.2. The molecule has 0 aromatic heterocycles. The smallest absolute Gasteiger partial charge is 0.166 e. The lowest BCUT2D eigenvalue weighted by atomic mass is 9.72. The van der Waals surface area contributed by atoms with Gasteiger partial charge in [-0.2, -0.15) is 0 Å². The summed E-state index contributed by atoms with van der Waals surface area (Å²) in [6.45, 7) is 4.49. The van der Waals surface area contributed by atoms with Gasteiger partial charge >= 0.3 is 0 Å². The lowest BCUT2D eigenvalue weighted by Crippen LogP contribution is -2.21. The Morgan fingerprint density at radius 2 is 1.29 bits per heavy atom. The summed E-state index contributed by atoms with van der Waals surface area (Å²) in [7, 11) is 0. The molecule has 2 aliphatic carbocycles. The molecule has 0 nitrogen and oxygen atoms in total. The van der Waals surface area contributed by atoms with Crippen LogP contribution in [-0.2, 0) is 6.42 Å². The number of benzene rings is 1. The summed E-state index contributed by atoms with van der Waals surface area (Å²) in [6, 6.07) is 3.62. The van der Waals surface area contributed by atoms with Crippen LogP contribution in [0.4, 0.5) is 8.78 Å². The molecule has 0 amide bonds. The molecule has 1 atom stereocenters. The molecular weight excluding hydrogens is 470 g/mol. The minimum Gasteiger partial charge on any atom is -0.203 e. The van der Waals surface area contributed by atoms with Gasteiger partial charge < -0.3 is 0 Å². The number of unbranched alkanes of at least 4 members (excludes halogenated alkanes) is 12. The van der Waals surface area contributed by atoms with Gasteiger partial charge in [0, 0.05) is 5.56 Å². The van der Waals surface area contributed by atoms with Gasteiger partial charge in [-0.1, -0.05) is 147 Å². The van der Waals surface area contributed by atoms with E-state index in [1.807, 2.05) is 6.07 Å². The summed E-state index contributed by atoms with van der Waals surface area (Å²) in [4.78, 5) is 0. The Balaban J connectivity index is 1.36. The number of hydrogen-bond acceptors (Lipinski definition) is 0. The lowest BCUT2D eigenvalue weighted by molar-refractivity contribution is 0.218. The van der Waals surface area contributed by atoms with Crippen molar-refractivity contribution in [1.82, 2.24) is 0 Å². The van der Waals surface area contributed by atoms with Crippen LogP contribution in [0.15, 0.2) is 30.4 Å². The van der Waals surface area contributed by atoms with Crippen LogP contribution in [-0.4, -0.2) is 0 Å². The largest absolute Gasteiger partial charge is 0.203 e. The molecule has 0 aliphatic heterocycles. The monoisotopic (exact) mass is 526 g/mol. The predicted molar refractivity (Wildman–Crippen MR) is 161 cm³/mol. The normalized spacial score (nSPS) is 21.6. The lowest BCUT2D eigenvalue weighted by Gasteiger charge is -2.33. The minimum atomic E-state index is -0.663. The van der Waals surface area contributed by atoms with Crippen molar-refractivity contribution in [3.8, 4) is 0 Å². The topological polar surface area (TPSA) is 0 Å². The highest BCUT2D eigenvalue weighted by molar-refractivity contribution is 5.75. The summed E-state index contributed by atoms with van der Waals surface area (Å²) in [6.07, 6.45) is 33.2. The molecule has 1 aromatic carbocycles. The van der Waals surface area contributed by atoms with Gasteiger partial charge in [-0.15, -0.1) is 0 Å². The van der Waals surface area contributed by atoms with Crippen molar-refractivity contribution in [2.24, 2.45) is 17.8 Å². The third kappa shape index (κ3) is 10.3. The molecule has 2 aliphatic rings. The first kappa shape index (κ1) is 31.1. The number of rotatable bonds is 18. The average Bonchev–Trinajstić information content (AvgIpc) is 2.95. The quantitative estimate of drug-likeness (QED) is 0.167. The Hall–Kier alpha value is -1.44. The zero-order chi connectivity index (χ0) is 27.0. The van der Waals surface area contributed by atoms with Crippen molar-refractivity contribution in [2.75, 3.05) is 0 Å². The molecule has 0 N–H and O–H groups in total. The van der Waals surface area contributed by atoms with Crippen LogP contribution in [0.1, 0.15) is 153 Å². The molecule has 1 fully saturated rings. The Kier molecular flexibility index (Phi) is 14.7. The summed E-state index contributed by atoms with van der Waals surface area (Å²) in [5.74, 6) is 0.936. The fourth-order valence-electron chi connectivity index (χ4n) is 6.76. The van der Waals surface area contributed by atoms with Gasteiger partial charge in [0.05, 0.1) is 0 Å². The van der Waals surface area contributed by atoms with Crippen LogP contribution in [0.3, 0.4) is 0 Å².